The molecule has 1 aromatic heterocycles. The van der Waals surface area contributed by atoms with Crippen LogP contribution in [0.25, 0.3) is 11.3 Å². The smallest absolute Gasteiger partial charge is 0.158 e. The van der Waals surface area contributed by atoms with Gasteiger partial charge >= 0.3 is 0 Å². The second kappa shape index (κ2) is 5.25. The van der Waals surface area contributed by atoms with Crippen molar-refractivity contribution < 1.29 is 14.5 Å². The van der Waals surface area contributed by atoms with Gasteiger partial charge in [-0.25, -0.2) is 0 Å². The lowest BCUT2D eigenvalue weighted by atomic mass is 10.2. The van der Waals surface area contributed by atoms with E-state index < -0.39 is 0 Å². The van der Waals surface area contributed by atoms with Crippen LogP contribution in [0.5, 0.6) is 5.75 Å². The molecule has 0 aliphatic heterocycles. The summed E-state index contributed by atoms with van der Waals surface area (Å²) in [5.41, 5.74) is 0.957. The molecule has 3 nitrogen and oxygen atoms in total. The molecule has 4 heteroatoms. The summed E-state index contributed by atoms with van der Waals surface area (Å²) in [4.78, 5) is 0. The molecular weight excluding hydrogens is 238 g/mol. The number of ether oxygens (including phenoxy) is 1. The van der Waals surface area contributed by atoms with Gasteiger partial charge < -0.3 is 14.5 Å². The number of quaternary nitrogens is 1. The van der Waals surface area contributed by atoms with E-state index in [1.165, 1.54) is 0 Å². The zero-order valence-electron chi connectivity index (χ0n) is 9.87. The van der Waals surface area contributed by atoms with E-state index >= 15 is 0 Å². The Kier molecular flexibility index (Phi) is 3.71. The van der Waals surface area contributed by atoms with Crippen molar-refractivity contribution in [3.8, 4) is 17.1 Å². The molecule has 0 radical (unpaired) electrons. The lowest BCUT2D eigenvalue weighted by Gasteiger charge is -2.04. The van der Waals surface area contributed by atoms with Gasteiger partial charge in [-0.05, 0) is 30.3 Å². The van der Waals surface area contributed by atoms with E-state index in [9.17, 15) is 0 Å². The average molecular weight is 253 g/mol. The van der Waals surface area contributed by atoms with Crippen LogP contribution in [0.1, 0.15) is 5.76 Å². The summed E-state index contributed by atoms with van der Waals surface area (Å²) in [5.74, 6) is 2.45. The van der Waals surface area contributed by atoms with Crippen LogP contribution in [0.4, 0.5) is 0 Å². The van der Waals surface area contributed by atoms with E-state index in [-0.39, 0.29) is 0 Å². The van der Waals surface area contributed by atoms with E-state index in [0.717, 1.165) is 23.6 Å². The summed E-state index contributed by atoms with van der Waals surface area (Å²) in [5, 5.41) is 2.65. The normalized spacial score (nSPS) is 10.5. The van der Waals surface area contributed by atoms with E-state index in [2.05, 4.69) is 5.32 Å². The fourth-order valence-corrected chi connectivity index (χ4v) is 1.92. The number of hydrogen-bond acceptors (Lipinski definition) is 2. The Morgan fingerprint density at radius 2 is 2.12 bits per heavy atom. The Morgan fingerprint density at radius 1 is 1.29 bits per heavy atom. The van der Waals surface area contributed by atoms with E-state index in [1.54, 1.807) is 7.11 Å². The van der Waals surface area contributed by atoms with Gasteiger partial charge in [0.15, 0.2) is 5.76 Å². The van der Waals surface area contributed by atoms with Crippen molar-refractivity contribution >= 4 is 11.6 Å². The maximum atomic E-state index is 6.07. The third-order valence-electron chi connectivity index (χ3n) is 2.50. The molecule has 0 atom stereocenters. The summed E-state index contributed by atoms with van der Waals surface area (Å²) < 4.78 is 10.8. The second-order valence-electron chi connectivity index (χ2n) is 3.73. The average Bonchev–Trinajstić information content (AvgIpc) is 2.78. The quantitative estimate of drug-likeness (QED) is 0.907. The van der Waals surface area contributed by atoms with Gasteiger partial charge in [-0.3, -0.25) is 0 Å². The molecule has 0 bridgehead atoms. The molecule has 17 heavy (non-hydrogen) atoms. The number of furan rings is 1. The van der Waals surface area contributed by atoms with Crippen molar-refractivity contribution in [2.45, 2.75) is 6.54 Å². The Morgan fingerprint density at radius 3 is 2.76 bits per heavy atom. The first-order valence-electron chi connectivity index (χ1n) is 5.45. The van der Waals surface area contributed by atoms with Gasteiger partial charge in [-0.15, -0.1) is 0 Å². The maximum Gasteiger partial charge on any atom is 0.158 e. The predicted octanol–water partition coefficient (Wildman–Crippen LogP) is 2.30. The maximum absolute atomic E-state index is 6.07. The summed E-state index contributed by atoms with van der Waals surface area (Å²) in [6, 6.07) is 9.55. The number of nitrogens with two attached hydrogens (primary N) is 1. The summed E-state index contributed by atoms with van der Waals surface area (Å²) in [6.45, 7) is 0.837. The minimum absolute atomic E-state index is 0.588. The van der Waals surface area contributed by atoms with E-state index in [4.69, 9.17) is 20.8 Å². The highest BCUT2D eigenvalue weighted by Gasteiger charge is 2.08. The molecule has 0 aliphatic rings. The van der Waals surface area contributed by atoms with Crippen LogP contribution in [-0.4, -0.2) is 14.2 Å². The second-order valence-corrected chi connectivity index (χ2v) is 4.13. The third-order valence-corrected chi connectivity index (χ3v) is 2.80. The largest absolute Gasteiger partial charge is 0.495 e. The van der Waals surface area contributed by atoms with Gasteiger partial charge in [0.2, 0.25) is 0 Å². The Bertz CT molecular complexity index is 508. The number of benzene rings is 1. The van der Waals surface area contributed by atoms with Crippen molar-refractivity contribution in [2.75, 3.05) is 14.2 Å². The van der Waals surface area contributed by atoms with Crippen LogP contribution in [0.15, 0.2) is 34.7 Å². The van der Waals surface area contributed by atoms with E-state index in [1.807, 2.05) is 37.4 Å². The van der Waals surface area contributed by atoms with Crippen molar-refractivity contribution in [3.63, 3.8) is 0 Å². The molecule has 0 unspecified atom stereocenters. The summed E-state index contributed by atoms with van der Waals surface area (Å²) in [7, 11) is 3.61. The molecule has 0 fully saturated rings. The van der Waals surface area contributed by atoms with Gasteiger partial charge in [-0.2, -0.15) is 0 Å². The monoisotopic (exact) mass is 252 g/mol. The van der Waals surface area contributed by atoms with Crippen LogP contribution in [0, 0.1) is 0 Å². The molecule has 0 saturated heterocycles. The minimum Gasteiger partial charge on any atom is -0.495 e. The molecule has 0 spiro atoms. The first-order valence-corrected chi connectivity index (χ1v) is 5.83. The number of hydrogen-bond donors (Lipinski definition) is 1. The zero-order valence-corrected chi connectivity index (χ0v) is 10.6. The zero-order chi connectivity index (χ0) is 12.3. The first kappa shape index (κ1) is 12.0. The molecule has 90 valence electrons. The van der Waals surface area contributed by atoms with Crippen LogP contribution >= 0.6 is 11.6 Å². The number of methoxy groups -OCH3 is 1. The number of rotatable bonds is 4. The first-order chi connectivity index (χ1) is 8.24. The molecule has 2 rings (SSSR count). The molecule has 2 N–H and O–H groups in total. The van der Waals surface area contributed by atoms with E-state index in [0.29, 0.717) is 10.8 Å². The fraction of sp³-hybridized carbons (Fsp3) is 0.231. The molecule has 2 aromatic rings. The van der Waals surface area contributed by atoms with Crippen LogP contribution < -0.4 is 10.1 Å². The van der Waals surface area contributed by atoms with Crippen molar-refractivity contribution in [3.05, 3.63) is 41.1 Å². The molecular formula is C13H15ClNO2+. The van der Waals surface area contributed by atoms with Gasteiger partial charge in [0.25, 0.3) is 0 Å². The van der Waals surface area contributed by atoms with Crippen molar-refractivity contribution in [2.24, 2.45) is 0 Å². The highest BCUT2D eigenvalue weighted by molar-refractivity contribution is 6.32. The topological polar surface area (TPSA) is 39.0 Å². The van der Waals surface area contributed by atoms with Gasteiger partial charge in [-0.1, -0.05) is 11.6 Å². The van der Waals surface area contributed by atoms with Gasteiger partial charge in [0.05, 0.1) is 19.2 Å². The molecule has 0 saturated carbocycles. The summed E-state index contributed by atoms with van der Waals surface area (Å²) >= 11 is 6.07. The molecule has 1 aromatic carbocycles. The minimum atomic E-state index is 0.588. The molecule has 1 heterocycles. The van der Waals surface area contributed by atoms with Crippen molar-refractivity contribution in [1.29, 1.82) is 0 Å². The standard InChI is InChI=1S/C13H14ClNO2/c1-15-8-10-4-6-12(17-10)9-3-5-13(16-2)11(14)7-9/h3-7,15H,8H2,1-2H3/p+1. The predicted molar refractivity (Wildman–Crippen MR) is 67.3 cm³/mol. The Hall–Kier alpha value is -1.45. The Balaban J connectivity index is 2.29. The van der Waals surface area contributed by atoms with Crippen LogP contribution in [-0.2, 0) is 6.54 Å². The lowest BCUT2D eigenvalue weighted by molar-refractivity contribution is -0.645. The highest BCUT2D eigenvalue weighted by Crippen LogP contribution is 2.30. The molecule has 0 aliphatic carbocycles. The van der Waals surface area contributed by atoms with Crippen LogP contribution in [0.3, 0.4) is 0 Å². The third kappa shape index (κ3) is 2.62. The van der Waals surface area contributed by atoms with Crippen LogP contribution in [0.2, 0.25) is 5.02 Å². The molecule has 0 amide bonds. The number of halogens is 1. The van der Waals surface area contributed by atoms with Gasteiger partial charge in [0, 0.05) is 5.56 Å². The Labute approximate surface area is 105 Å². The fourth-order valence-electron chi connectivity index (χ4n) is 1.66. The lowest BCUT2D eigenvalue weighted by Crippen LogP contribution is -2.77. The SMILES string of the molecule is C[NH2+]Cc1ccc(-c2ccc(OC)c(Cl)c2)o1. The van der Waals surface area contributed by atoms with Gasteiger partial charge in [0.1, 0.15) is 18.1 Å². The van der Waals surface area contributed by atoms with Crippen molar-refractivity contribution in [1.82, 2.24) is 0 Å². The summed E-state index contributed by atoms with van der Waals surface area (Å²) in [6.07, 6.45) is 0. The highest BCUT2D eigenvalue weighted by atomic mass is 35.5.